The highest BCUT2D eigenvalue weighted by Crippen LogP contribution is 2.22. The second kappa shape index (κ2) is 5.38. The van der Waals surface area contributed by atoms with E-state index in [0.717, 1.165) is 31.6 Å². The van der Waals surface area contributed by atoms with Crippen molar-refractivity contribution in [3.8, 4) is 5.75 Å². The maximum Gasteiger partial charge on any atom is 0.138 e. The number of benzene rings is 1. The molecule has 1 saturated heterocycles. The number of anilines is 1. The van der Waals surface area contributed by atoms with Crippen molar-refractivity contribution in [2.75, 3.05) is 25.9 Å². The summed E-state index contributed by atoms with van der Waals surface area (Å²) in [6.07, 6.45) is 2.66. The van der Waals surface area contributed by atoms with Gasteiger partial charge in [0, 0.05) is 20.2 Å². The quantitative estimate of drug-likeness (QED) is 0.618. The lowest BCUT2D eigenvalue weighted by Gasteiger charge is -2.31. The summed E-state index contributed by atoms with van der Waals surface area (Å²) >= 11 is 0. The van der Waals surface area contributed by atoms with E-state index in [1.54, 1.807) is 13.2 Å². The normalized spacial score (nSPS) is 21.6. The molecule has 2 rings (SSSR count). The molecule has 3 N–H and O–H groups in total. The van der Waals surface area contributed by atoms with Crippen molar-refractivity contribution in [1.82, 2.24) is 4.90 Å². The van der Waals surface area contributed by atoms with E-state index in [1.165, 1.54) is 6.42 Å². The highest BCUT2D eigenvalue weighted by atomic mass is 16.5. The smallest absolute Gasteiger partial charge is 0.138 e. The fourth-order valence-electron chi connectivity index (χ4n) is 2.31. The van der Waals surface area contributed by atoms with Crippen LogP contribution >= 0.6 is 0 Å². The number of phenols is 1. The van der Waals surface area contributed by atoms with Crippen LogP contribution in [0.5, 0.6) is 5.75 Å². The van der Waals surface area contributed by atoms with E-state index in [1.807, 2.05) is 12.1 Å². The van der Waals surface area contributed by atoms with Gasteiger partial charge in [-0.1, -0.05) is 6.07 Å². The Labute approximate surface area is 102 Å². The summed E-state index contributed by atoms with van der Waals surface area (Å²) in [6, 6.07) is 5.41. The zero-order valence-corrected chi connectivity index (χ0v) is 10.2. The molecular formula is C13H20N2O2. The minimum atomic E-state index is 0.155. The predicted molar refractivity (Wildman–Crippen MR) is 67.8 cm³/mol. The highest BCUT2D eigenvalue weighted by Gasteiger charge is 2.19. The van der Waals surface area contributed by atoms with Crippen LogP contribution in [0.4, 0.5) is 5.69 Å². The number of hydrogen-bond donors (Lipinski definition) is 2. The van der Waals surface area contributed by atoms with Gasteiger partial charge >= 0.3 is 0 Å². The van der Waals surface area contributed by atoms with Crippen molar-refractivity contribution in [3.05, 3.63) is 23.8 Å². The molecule has 1 unspecified atom stereocenters. The van der Waals surface area contributed by atoms with Crippen LogP contribution in [0.1, 0.15) is 18.4 Å². The molecule has 1 atom stereocenters. The second-order valence-corrected chi connectivity index (χ2v) is 4.63. The van der Waals surface area contributed by atoms with E-state index in [0.29, 0.717) is 11.8 Å². The number of piperidine rings is 1. The van der Waals surface area contributed by atoms with Gasteiger partial charge in [-0.05, 0) is 37.1 Å². The Morgan fingerprint density at radius 1 is 1.53 bits per heavy atom. The summed E-state index contributed by atoms with van der Waals surface area (Å²) in [5.41, 5.74) is 7.27. The maximum absolute atomic E-state index is 9.37. The average molecular weight is 236 g/mol. The largest absolute Gasteiger partial charge is 0.506 e. The number of nitrogen functional groups attached to an aromatic ring is 1. The number of rotatable bonds is 3. The number of phenolic OH excluding ortho intramolecular Hbond substituents is 1. The Hall–Kier alpha value is -1.26. The summed E-state index contributed by atoms with van der Waals surface area (Å²) in [6.45, 7) is 2.93. The summed E-state index contributed by atoms with van der Waals surface area (Å²) in [5.74, 6) is 0.155. The summed E-state index contributed by atoms with van der Waals surface area (Å²) < 4.78 is 5.40. The van der Waals surface area contributed by atoms with Crippen molar-refractivity contribution < 1.29 is 9.84 Å². The van der Waals surface area contributed by atoms with E-state index in [-0.39, 0.29) is 5.75 Å². The number of methoxy groups -OCH3 is 1. The SMILES string of the molecule is COC1CCCN(Cc2ccc(O)c(N)c2)C1. The number of hydrogen-bond acceptors (Lipinski definition) is 4. The van der Waals surface area contributed by atoms with Crippen molar-refractivity contribution in [2.45, 2.75) is 25.5 Å². The van der Waals surface area contributed by atoms with Crippen molar-refractivity contribution >= 4 is 5.69 Å². The van der Waals surface area contributed by atoms with Gasteiger partial charge in [0.15, 0.2) is 0 Å². The van der Waals surface area contributed by atoms with Gasteiger partial charge in [-0.15, -0.1) is 0 Å². The third kappa shape index (κ3) is 3.11. The molecular weight excluding hydrogens is 216 g/mol. The number of nitrogens with two attached hydrogens (primary N) is 1. The number of nitrogens with zero attached hydrogens (tertiary/aromatic N) is 1. The molecule has 1 aromatic rings. The molecule has 1 aliphatic rings. The summed E-state index contributed by atoms with van der Waals surface area (Å²) in [7, 11) is 1.77. The maximum atomic E-state index is 9.37. The average Bonchev–Trinajstić information content (AvgIpc) is 2.34. The molecule has 0 bridgehead atoms. The van der Waals surface area contributed by atoms with Gasteiger partial charge in [-0.25, -0.2) is 0 Å². The highest BCUT2D eigenvalue weighted by molar-refractivity contribution is 5.53. The lowest BCUT2D eigenvalue weighted by Crippen LogP contribution is -2.38. The van der Waals surface area contributed by atoms with Gasteiger partial charge in [-0.3, -0.25) is 4.90 Å². The second-order valence-electron chi connectivity index (χ2n) is 4.63. The Kier molecular flexibility index (Phi) is 3.86. The van der Waals surface area contributed by atoms with Crippen molar-refractivity contribution in [2.24, 2.45) is 0 Å². The van der Waals surface area contributed by atoms with Crippen molar-refractivity contribution in [1.29, 1.82) is 0 Å². The van der Waals surface area contributed by atoms with Crippen LogP contribution in [0.25, 0.3) is 0 Å². The summed E-state index contributed by atoms with van der Waals surface area (Å²) in [4.78, 5) is 2.36. The molecule has 1 aliphatic heterocycles. The number of ether oxygens (including phenoxy) is 1. The third-order valence-electron chi connectivity index (χ3n) is 3.29. The van der Waals surface area contributed by atoms with Crippen LogP contribution < -0.4 is 5.73 Å². The summed E-state index contributed by atoms with van der Waals surface area (Å²) in [5, 5.41) is 9.37. The zero-order chi connectivity index (χ0) is 12.3. The van der Waals surface area contributed by atoms with Gasteiger partial charge in [0.2, 0.25) is 0 Å². The monoisotopic (exact) mass is 236 g/mol. The molecule has 0 spiro atoms. The molecule has 17 heavy (non-hydrogen) atoms. The van der Waals surface area contributed by atoms with Crippen molar-refractivity contribution in [3.63, 3.8) is 0 Å². The van der Waals surface area contributed by atoms with Crippen LogP contribution in [-0.4, -0.2) is 36.3 Å². The lowest BCUT2D eigenvalue weighted by atomic mass is 10.1. The Morgan fingerprint density at radius 2 is 2.35 bits per heavy atom. The fourth-order valence-corrected chi connectivity index (χ4v) is 2.31. The van der Waals surface area contributed by atoms with E-state index < -0.39 is 0 Å². The first-order valence-electron chi connectivity index (χ1n) is 6.01. The molecule has 0 aromatic heterocycles. The standard InChI is InChI=1S/C13H20N2O2/c1-17-11-3-2-6-15(9-11)8-10-4-5-13(16)12(14)7-10/h4-5,7,11,16H,2-3,6,8-9,14H2,1H3. The first-order valence-corrected chi connectivity index (χ1v) is 6.01. The first kappa shape index (κ1) is 12.2. The number of likely N-dealkylation sites (tertiary alicyclic amines) is 1. The molecule has 1 heterocycles. The van der Waals surface area contributed by atoms with Crippen LogP contribution in [0.3, 0.4) is 0 Å². The molecule has 0 aliphatic carbocycles. The Bertz CT molecular complexity index is 382. The molecule has 0 amide bonds. The van der Waals surface area contributed by atoms with Gasteiger partial charge in [-0.2, -0.15) is 0 Å². The topological polar surface area (TPSA) is 58.7 Å². The molecule has 0 radical (unpaired) electrons. The minimum absolute atomic E-state index is 0.155. The molecule has 1 aromatic carbocycles. The predicted octanol–water partition coefficient (Wildman–Crippen LogP) is 1.59. The third-order valence-corrected chi connectivity index (χ3v) is 3.29. The van der Waals surface area contributed by atoms with Gasteiger partial charge in [0.25, 0.3) is 0 Å². The minimum Gasteiger partial charge on any atom is -0.506 e. The van der Waals surface area contributed by atoms with Gasteiger partial charge < -0.3 is 15.6 Å². The van der Waals surface area contributed by atoms with Crippen LogP contribution in [0, 0.1) is 0 Å². The molecule has 0 saturated carbocycles. The molecule has 4 nitrogen and oxygen atoms in total. The Morgan fingerprint density at radius 3 is 3.06 bits per heavy atom. The van der Waals surface area contributed by atoms with E-state index in [9.17, 15) is 5.11 Å². The van der Waals surface area contributed by atoms with E-state index >= 15 is 0 Å². The van der Waals surface area contributed by atoms with Gasteiger partial charge in [0.05, 0.1) is 11.8 Å². The van der Waals surface area contributed by atoms with Gasteiger partial charge in [0.1, 0.15) is 5.75 Å². The van der Waals surface area contributed by atoms with E-state index in [2.05, 4.69) is 4.90 Å². The molecule has 1 fully saturated rings. The number of aromatic hydroxyl groups is 1. The lowest BCUT2D eigenvalue weighted by molar-refractivity contribution is 0.0285. The van der Waals surface area contributed by atoms with Crippen LogP contribution in [0.2, 0.25) is 0 Å². The van der Waals surface area contributed by atoms with Crippen LogP contribution in [0.15, 0.2) is 18.2 Å². The first-order chi connectivity index (χ1) is 8.19. The Balaban J connectivity index is 1.97. The molecule has 94 valence electrons. The van der Waals surface area contributed by atoms with E-state index in [4.69, 9.17) is 10.5 Å². The van der Waals surface area contributed by atoms with Crippen LogP contribution in [-0.2, 0) is 11.3 Å². The molecule has 4 heteroatoms. The fraction of sp³-hybridized carbons (Fsp3) is 0.538. The zero-order valence-electron chi connectivity index (χ0n) is 10.2.